The molecule has 0 aromatic heterocycles. The van der Waals surface area contributed by atoms with Gasteiger partial charge in [-0.1, -0.05) is 22.0 Å². The molecule has 0 bridgehead atoms. The van der Waals surface area contributed by atoms with Gasteiger partial charge in [-0.05, 0) is 42.5 Å². The van der Waals surface area contributed by atoms with Crippen LogP contribution in [-0.4, -0.2) is 11.7 Å². The number of hydrogen-bond donors (Lipinski definition) is 1. The van der Waals surface area contributed by atoms with Crippen molar-refractivity contribution in [3.05, 3.63) is 58.8 Å². The Morgan fingerprint density at radius 3 is 2.63 bits per heavy atom. The van der Waals surface area contributed by atoms with Gasteiger partial charge < -0.3 is 5.32 Å². The van der Waals surface area contributed by atoms with E-state index >= 15 is 0 Å². The van der Waals surface area contributed by atoms with Crippen LogP contribution in [0, 0.1) is 5.82 Å². The largest absolute Gasteiger partial charge is 0.325 e. The first-order chi connectivity index (χ1) is 9.13. The zero-order valence-corrected chi connectivity index (χ0v) is 12.3. The lowest BCUT2D eigenvalue weighted by Gasteiger charge is -2.05. The molecular weight excluding hydrogens is 329 g/mol. The first-order valence-electron chi connectivity index (χ1n) is 5.57. The SMILES string of the molecule is O=C(CSc1ccc(Br)cc1)Nc1cccc(F)c1. The number of carbonyl (C=O) groups is 1. The highest BCUT2D eigenvalue weighted by molar-refractivity contribution is 9.10. The van der Waals surface area contributed by atoms with Gasteiger partial charge in [-0.2, -0.15) is 0 Å². The van der Waals surface area contributed by atoms with Crippen LogP contribution in [0.2, 0.25) is 0 Å². The summed E-state index contributed by atoms with van der Waals surface area (Å²) in [5, 5.41) is 2.66. The normalized spacial score (nSPS) is 10.2. The van der Waals surface area contributed by atoms with Crippen molar-refractivity contribution in [3.63, 3.8) is 0 Å². The predicted octanol–water partition coefficient (Wildman–Crippen LogP) is 4.32. The van der Waals surface area contributed by atoms with Crippen LogP contribution in [0.1, 0.15) is 0 Å². The number of nitrogens with one attached hydrogen (secondary N) is 1. The van der Waals surface area contributed by atoms with Crippen LogP contribution in [0.15, 0.2) is 57.9 Å². The lowest BCUT2D eigenvalue weighted by Crippen LogP contribution is -2.13. The highest BCUT2D eigenvalue weighted by Crippen LogP contribution is 2.20. The molecule has 2 aromatic rings. The quantitative estimate of drug-likeness (QED) is 0.840. The van der Waals surface area contributed by atoms with Gasteiger partial charge in [0.15, 0.2) is 0 Å². The molecule has 1 amide bonds. The molecule has 0 heterocycles. The molecule has 2 nitrogen and oxygen atoms in total. The van der Waals surface area contributed by atoms with Crippen LogP contribution in [0.5, 0.6) is 0 Å². The second-order valence-corrected chi connectivity index (χ2v) is 5.77. The molecule has 5 heteroatoms. The van der Waals surface area contributed by atoms with Gasteiger partial charge in [0.05, 0.1) is 5.75 Å². The van der Waals surface area contributed by atoms with Crippen molar-refractivity contribution in [2.75, 3.05) is 11.1 Å². The number of carbonyl (C=O) groups excluding carboxylic acids is 1. The van der Waals surface area contributed by atoms with Crippen molar-refractivity contribution in [3.8, 4) is 0 Å². The fraction of sp³-hybridized carbons (Fsp3) is 0.0714. The Balaban J connectivity index is 1.86. The van der Waals surface area contributed by atoms with Crippen molar-refractivity contribution in [1.29, 1.82) is 0 Å². The fourth-order valence-electron chi connectivity index (χ4n) is 1.44. The summed E-state index contributed by atoms with van der Waals surface area (Å²) < 4.78 is 13.9. The summed E-state index contributed by atoms with van der Waals surface area (Å²) in [6.07, 6.45) is 0. The molecule has 2 rings (SSSR count). The molecule has 0 spiro atoms. The van der Waals surface area contributed by atoms with Crippen LogP contribution in [-0.2, 0) is 4.79 Å². The maximum Gasteiger partial charge on any atom is 0.234 e. The summed E-state index contributed by atoms with van der Waals surface area (Å²) in [4.78, 5) is 12.7. The summed E-state index contributed by atoms with van der Waals surface area (Å²) in [7, 11) is 0. The number of thioether (sulfide) groups is 1. The summed E-state index contributed by atoms with van der Waals surface area (Å²) in [5.74, 6) is -0.227. The zero-order chi connectivity index (χ0) is 13.7. The van der Waals surface area contributed by atoms with Crippen molar-refractivity contribution < 1.29 is 9.18 Å². The Hall–Kier alpha value is -1.33. The van der Waals surface area contributed by atoms with Crippen LogP contribution in [0.3, 0.4) is 0 Å². The van der Waals surface area contributed by atoms with Crippen molar-refractivity contribution in [1.82, 2.24) is 0 Å². The summed E-state index contributed by atoms with van der Waals surface area (Å²) in [5.41, 5.74) is 0.474. The first kappa shape index (κ1) is 14.1. The van der Waals surface area contributed by atoms with Crippen LogP contribution >= 0.6 is 27.7 Å². The van der Waals surface area contributed by atoms with E-state index in [0.29, 0.717) is 5.69 Å². The van der Waals surface area contributed by atoms with Gasteiger partial charge in [-0.25, -0.2) is 4.39 Å². The third kappa shape index (κ3) is 4.69. The van der Waals surface area contributed by atoms with Crippen molar-refractivity contribution in [2.24, 2.45) is 0 Å². The Bertz CT molecular complexity index is 574. The second kappa shape index (κ2) is 6.73. The molecule has 2 aromatic carbocycles. The zero-order valence-electron chi connectivity index (χ0n) is 9.90. The molecule has 0 fully saturated rings. The molecule has 0 atom stereocenters. The monoisotopic (exact) mass is 339 g/mol. The van der Waals surface area contributed by atoms with Crippen LogP contribution < -0.4 is 5.32 Å². The standard InChI is InChI=1S/C14H11BrFNOS/c15-10-4-6-13(7-5-10)19-9-14(18)17-12-3-1-2-11(16)8-12/h1-8H,9H2,(H,17,18). The minimum absolute atomic E-state index is 0.154. The van der Waals surface area contributed by atoms with E-state index < -0.39 is 0 Å². The molecule has 0 aliphatic heterocycles. The number of amides is 1. The minimum Gasteiger partial charge on any atom is -0.325 e. The van der Waals surface area contributed by atoms with E-state index in [1.807, 2.05) is 24.3 Å². The third-order valence-corrected chi connectivity index (χ3v) is 3.83. The fourth-order valence-corrected chi connectivity index (χ4v) is 2.41. The molecular formula is C14H11BrFNOS. The number of hydrogen-bond acceptors (Lipinski definition) is 2. The van der Waals surface area contributed by atoms with E-state index in [1.165, 1.54) is 23.9 Å². The summed E-state index contributed by atoms with van der Waals surface area (Å²) in [6.45, 7) is 0. The lowest BCUT2D eigenvalue weighted by molar-refractivity contribution is -0.113. The van der Waals surface area contributed by atoms with Crippen molar-refractivity contribution >= 4 is 39.3 Å². The minimum atomic E-state index is -0.363. The Morgan fingerprint density at radius 1 is 1.21 bits per heavy atom. The van der Waals surface area contributed by atoms with Crippen LogP contribution in [0.4, 0.5) is 10.1 Å². The van der Waals surface area contributed by atoms with E-state index in [0.717, 1.165) is 9.37 Å². The molecule has 0 radical (unpaired) electrons. The molecule has 98 valence electrons. The number of anilines is 1. The molecule has 19 heavy (non-hydrogen) atoms. The lowest BCUT2D eigenvalue weighted by atomic mass is 10.3. The maximum atomic E-state index is 12.9. The van der Waals surface area contributed by atoms with E-state index in [4.69, 9.17) is 0 Å². The van der Waals surface area contributed by atoms with E-state index in [-0.39, 0.29) is 17.5 Å². The molecule has 0 aliphatic carbocycles. The van der Waals surface area contributed by atoms with Crippen molar-refractivity contribution in [2.45, 2.75) is 4.90 Å². The van der Waals surface area contributed by atoms with E-state index in [1.54, 1.807) is 12.1 Å². The molecule has 0 unspecified atom stereocenters. The molecule has 0 aliphatic rings. The summed E-state index contributed by atoms with van der Waals surface area (Å²) >= 11 is 4.79. The maximum absolute atomic E-state index is 12.9. The Kier molecular flexibility index (Phi) is 4.99. The van der Waals surface area contributed by atoms with Gasteiger partial charge in [0, 0.05) is 15.1 Å². The average molecular weight is 340 g/mol. The third-order valence-electron chi connectivity index (χ3n) is 2.29. The molecule has 0 saturated heterocycles. The smallest absolute Gasteiger partial charge is 0.234 e. The number of rotatable bonds is 4. The van der Waals surface area contributed by atoms with E-state index in [9.17, 15) is 9.18 Å². The van der Waals surface area contributed by atoms with Gasteiger partial charge in [0.2, 0.25) is 5.91 Å². The van der Waals surface area contributed by atoms with Gasteiger partial charge in [-0.15, -0.1) is 11.8 Å². The first-order valence-corrected chi connectivity index (χ1v) is 7.35. The van der Waals surface area contributed by atoms with Gasteiger partial charge >= 0.3 is 0 Å². The van der Waals surface area contributed by atoms with E-state index in [2.05, 4.69) is 21.2 Å². The van der Waals surface area contributed by atoms with Gasteiger partial charge in [-0.3, -0.25) is 4.79 Å². The Labute approximate surface area is 123 Å². The van der Waals surface area contributed by atoms with Crippen LogP contribution in [0.25, 0.3) is 0 Å². The predicted molar refractivity (Wildman–Crippen MR) is 79.9 cm³/mol. The average Bonchev–Trinajstić information content (AvgIpc) is 2.38. The van der Waals surface area contributed by atoms with Gasteiger partial charge in [0.1, 0.15) is 5.82 Å². The Morgan fingerprint density at radius 2 is 1.95 bits per heavy atom. The highest BCUT2D eigenvalue weighted by Gasteiger charge is 2.04. The second-order valence-electron chi connectivity index (χ2n) is 3.80. The molecule has 0 saturated carbocycles. The molecule has 1 N–H and O–H groups in total. The van der Waals surface area contributed by atoms with Gasteiger partial charge in [0.25, 0.3) is 0 Å². The highest BCUT2D eigenvalue weighted by atomic mass is 79.9. The number of benzene rings is 2. The number of halogens is 2. The topological polar surface area (TPSA) is 29.1 Å². The summed E-state index contributed by atoms with van der Waals surface area (Å²) in [6, 6.07) is 13.6.